The van der Waals surface area contributed by atoms with Crippen LogP contribution in [0.15, 0.2) is 48.5 Å². The standard InChI is InChI=1S/C15H23BO4.C12H17BO3/c1-14(2)15(3,4)20-16(19-14)12-7-6-8-13(11-12)18-10-9-17-5;1-11(2)12(3,4)16-13(15-11)9-6-5-7-10(14)8-9/h6-8,11H,9-10H2,1-5H3;5-8,14H,1-4H3. The molecule has 0 saturated carbocycles. The van der Waals surface area contributed by atoms with Crippen LogP contribution in [-0.4, -0.2) is 62.1 Å². The molecule has 2 saturated heterocycles. The molecule has 2 fully saturated rings. The van der Waals surface area contributed by atoms with E-state index in [0.717, 1.165) is 16.7 Å². The second-order valence-corrected chi connectivity index (χ2v) is 11.2. The number of hydrogen-bond donors (Lipinski definition) is 1. The molecular weight excluding hydrogens is 458 g/mol. The van der Waals surface area contributed by atoms with Crippen LogP contribution in [0.25, 0.3) is 0 Å². The van der Waals surface area contributed by atoms with E-state index in [4.69, 9.17) is 28.1 Å². The van der Waals surface area contributed by atoms with Gasteiger partial charge in [0.25, 0.3) is 0 Å². The van der Waals surface area contributed by atoms with E-state index in [2.05, 4.69) is 0 Å². The molecule has 2 aromatic carbocycles. The lowest BCUT2D eigenvalue weighted by Gasteiger charge is -2.32. The molecular formula is C27H40B2O7. The molecule has 0 atom stereocenters. The number of benzene rings is 2. The molecule has 36 heavy (non-hydrogen) atoms. The molecule has 4 rings (SSSR count). The zero-order chi connectivity index (χ0) is 26.8. The predicted molar refractivity (Wildman–Crippen MR) is 143 cm³/mol. The molecule has 2 aliphatic rings. The number of phenolic OH excluding ortho intramolecular Hbond substituents is 1. The first-order valence-electron chi connectivity index (χ1n) is 12.4. The highest BCUT2D eigenvalue weighted by atomic mass is 16.7. The molecule has 7 nitrogen and oxygen atoms in total. The highest BCUT2D eigenvalue weighted by Crippen LogP contribution is 2.37. The molecule has 0 amide bonds. The summed E-state index contributed by atoms with van der Waals surface area (Å²) in [7, 11) is 0.896. The Morgan fingerprint density at radius 3 is 1.56 bits per heavy atom. The van der Waals surface area contributed by atoms with E-state index in [-0.39, 0.29) is 35.3 Å². The maximum absolute atomic E-state index is 9.42. The first kappa shape index (κ1) is 28.5. The normalized spacial score (nSPS) is 21.1. The third-order valence-corrected chi connectivity index (χ3v) is 7.34. The van der Waals surface area contributed by atoms with Crippen LogP contribution in [0.4, 0.5) is 0 Å². The van der Waals surface area contributed by atoms with Crippen molar-refractivity contribution in [1.82, 2.24) is 0 Å². The molecule has 2 heterocycles. The van der Waals surface area contributed by atoms with Gasteiger partial charge < -0.3 is 33.2 Å². The maximum atomic E-state index is 9.42. The monoisotopic (exact) mass is 498 g/mol. The van der Waals surface area contributed by atoms with E-state index in [1.54, 1.807) is 25.3 Å². The van der Waals surface area contributed by atoms with Crippen LogP contribution in [0.3, 0.4) is 0 Å². The predicted octanol–water partition coefficient (Wildman–Crippen LogP) is 3.70. The minimum atomic E-state index is -0.405. The van der Waals surface area contributed by atoms with Gasteiger partial charge in [-0.05, 0) is 90.6 Å². The van der Waals surface area contributed by atoms with Gasteiger partial charge in [0.2, 0.25) is 0 Å². The van der Waals surface area contributed by atoms with Gasteiger partial charge in [-0.2, -0.15) is 0 Å². The Morgan fingerprint density at radius 2 is 1.11 bits per heavy atom. The third-order valence-electron chi connectivity index (χ3n) is 7.34. The Hall–Kier alpha value is -2.03. The number of methoxy groups -OCH3 is 1. The zero-order valence-electron chi connectivity index (χ0n) is 23.1. The SMILES string of the molecule is CC1(C)OB(c2cccc(O)c2)OC1(C)C.COCCOc1cccc(B2OC(C)(C)C(C)(C)O2)c1. The lowest BCUT2D eigenvalue weighted by Crippen LogP contribution is -2.41. The van der Waals surface area contributed by atoms with Gasteiger partial charge in [-0.1, -0.05) is 24.3 Å². The second kappa shape index (κ2) is 10.8. The Morgan fingerprint density at radius 1 is 0.667 bits per heavy atom. The molecule has 0 unspecified atom stereocenters. The Labute approximate surface area is 216 Å². The van der Waals surface area contributed by atoms with E-state index in [9.17, 15) is 5.11 Å². The molecule has 0 aromatic heterocycles. The van der Waals surface area contributed by atoms with E-state index in [1.807, 2.05) is 85.7 Å². The average molecular weight is 498 g/mol. The Bertz CT molecular complexity index is 991. The summed E-state index contributed by atoms with van der Waals surface area (Å²) >= 11 is 0. The number of phenols is 1. The molecule has 2 aromatic rings. The molecule has 9 heteroatoms. The summed E-state index contributed by atoms with van der Waals surface area (Å²) in [5.41, 5.74) is 0.471. The number of rotatable bonds is 6. The van der Waals surface area contributed by atoms with E-state index >= 15 is 0 Å². The fourth-order valence-electron chi connectivity index (χ4n) is 3.62. The molecule has 2 aliphatic heterocycles. The van der Waals surface area contributed by atoms with Crippen molar-refractivity contribution in [3.8, 4) is 11.5 Å². The van der Waals surface area contributed by atoms with E-state index in [0.29, 0.717) is 13.2 Å². The van der Waals surface area contributed by atoms with Crippen molar-refractivity contribution in [2.24, 2.45) is 0 Å². The maximum Gasteiger partial charge on any atom is 0.494 e. The highest BCUT2D eigenvalue weighted by molar-refractivity contribution is 6.62. The van der Waals surface area contributed by atoms with Crippen molar-refractivity contribution in [2.75, 3.05) is 20.3 Å². The lowest BCUT2D eigenvalue weighted by atomic mass is 9.79. The molecule has 0 aliphatic carbocycles. The van der Waals surface area contributed by atoms with Gasteiger partial charge >= 0.3 is 14.2 Å². The molecule has 0 bridgehead atoms. The fraction of sp³-hybridized carbons (Fsp3) is 0.556. The van der Waals surface area contributed by atoms with Gasteiger partial charge in [0.15, 0.2) is 0 Å². The number of aromatic hydroxyl groups is 1. The summed E-state index contributed by atoms with van der Waals surface area (Å²) in [6, 6.07) is 14.8. The summed E-state index contributed by atoms with van der Waals surface area (Å²) in [6.07, 6.45) is 0. The van der Waals surface area contributed by atoms with Gasteiger partial charge in [0, 0.05) is 7.11 Å². The molecule has 1 N–H and O–H groups in total. The van der Waals surface area contributed by atoms with Crippen LogP contribution in [-0.2, 0) is 23.4 Å². The van der Waals surface area contributed by atoms with Gasteiger partial charge in [-0.3, -0.25) is 0 Å². The van der Waals surface area contributed by atoms with Crippen LogP contribution in [0.5, 0.6) is 11.5 Å². The largest absolute Gasteiger partial charge is 0.508 e. The molecule has 0 spiro atoms. The van der Waals surface area contributed by atoms with Crippen molar-refractivity contribution in [3.05, 3.63) is 48.5 Å². The van der Waals surface area contributed by atoms with Gasteiger partial charge in [-0.25, -0.2) is 0 Å². The van der Waals surface area contributed by atoms with Crippen molar-refractivity contribution < 1.29 is 33.2 Å². The minimum absolute atomic E-state index is 0.229. The van der Waals surface area contributed by atoms with Gasteiger partial charge in [0.05, 0.1) is 29.0 Å². The smallest absolute Gasteiger partial charge is 0.494 e. The highest BCUT2D eigenvalue weighted by Gasteiger charge is 2.52. The van der Waals surface area contributed by atoms with Crippen LogP contribution in [0.1, 0.15) is 55.4 Å². The quantitative estimate of drug-likeness (QED) is 0.481. The van der Waals surface area contributed by atoms with Crippen LogP contribution in [0.2, 0.25) is 0 Å². The van der Waals surface area contributed by atoms with Gasteiger partial charge in [0.1, 0.15) is 18.1 Å². The Kier molecular flexibility index (Phi) is 8.53. The van der Waals surface area contributed by atoms with Crippen molar-refractivity contribution >= 4 is 25.2 Å². The van der Waals surface area contributed by atoms with Crippen LogP contribution < -0.4 is 15.7 Å². The zero-order valence-corrected chi connectivity index (χ0v) is 23.1. The van der Waals surface area contributed by atoms with Crippen LogP contribution >= 0.6 is 0 Å². The van der Waals surface area contributed by atoms with Crippen molar-refractivity contribution in [2.45, 2.75) is 77.8 Å². The van der Waals surface area contributed by atoms with Gasteiger partial charge in [-0.15, -0.1) is 0 Å². The minimum Gasteiger partial charge on any atom is -0.508 e. The number of ether oxygens (including phenoxy) is 2. The topological polar surface area (TPSA) is 75.6 Å². The summed E-state index contributed by atoms with van der Waals surface area (Å²) in [5.74, 6) is 1.03. The average Bonchev–Trinajstić information content (AvgIpc) is 3.14. The lowest BCUT2D eigenvalue weighted by molar-refractivity contribution is 0.00578. The third kappa shape index (κ3) is 6.45. The van der Waals surface area contributed by atoms with Crippen molar-refractivity contribution in [1.29, 1.82) is 0 Å². The summed E-state index contributed by atoms with van der Waals surface area (Å²) < 4.78 is 34.4. The van der Waals surface area contributed by atoms with Crippen molar-refractivity contribution in [3.63, 3.8) is 0 Å². The molecule has 196 valence electrons. The summed E-state index contributed by atoms with van der Waals surface area (Å²) in [5, 5.41) is 9.42. The summed E-state index contributed by atoms with van der Waals surface area (Å²) in [4.78, 5) is 0. The first-order chi connectivity index (χ1) is 16.7. The fourth-order valence-corrected chi connectivity index (χ4v) is 3.62. The second-order valence-electron chi connectivity index (χ2n) is 11.2. The number of hydrogen-bond acceptors (Lipinski definition) is 7. The van der Waals surface area contributed by atoms with E-state index in [1.165, 1.54) is 0 Å². The van der Waals surface area contributed by atoms with Crippen LogP contribution in [0, 0.1) is 0 Å². The summed E-state index contributed by atoms with van der Waals surface area (Å²) in [6.45, 7) is 17.3. The molecule has 0 radical (unpaired) electrons. The van der Waals surface area contributed by atoms with E-state index < -0.39 is 7.12 Å². The Balaban J connectivity index is 0.000000205. The first-order valence-corrected chi connectivity index (χ1v) is 12.4.